The number of benzene rings is 1. The highest BCUT2D eigenvalue weighted by Gasteiger charge is 2.38. The van der Waals surface area contributed by atoms with Crippen molar-refractivity contribution in [1.29, 1.82) is 0 Å². The van der Waals surface area contributed by atoms with E-state index in [-0.39, 0.29) is 11.8 Å². The Hall–Kier alpha value is -1.31. The molecule has 0 radical (unpaired) electrons. The quantitative estimate of drug-likeness (QED) is 0.843. The maximum Gasteiger partial charge on any atom is 0.232 e. The minimum Gasteiger partial charge on any atom is -0.325 e. The number of hydrogen-bond acceptors (Lipinski definition) is 1. The Kier molecular flexibility index (Phi) is 3.34. The van der Waals surface area contributed by atoms with Crippen molar-refractivity contribution in [2.24, 2.45) is 11.8 Å². The van der Waals surface area contributed by atoms with Crippen LogP contribution >= 0.6 is 0 Å². The molecule has 1 amide bonds. The van der Waals surface area contributed by atoms with E-state index in [9.17, 15) is 4.79 Å². The van der Waals surface area contributed by atoms with Crippen LogP contribution in [0.4, 0.5) is 5.69 Å². The van der Waals surface area contributed by atoms with E-state index in [1.807, 2.05) is 0 Å². The summed E-state index contributed by atoms with van der Waals surface area (Å²) in [4.78, 5) is 12.4. The number of aryl methyl sites for hydroxylation is 1. The summed E-state index contributed by atoms with van der Waals surface area (Å²) in [6.45, 7) is 4.35. The van der Waals surface area contributed by atoms with Gasteiger partial charge in [-0.15, -0.1) is 0 Å². The van der Waals surface area contributed by atoms with Crippen LogP contribution in [0.5, 0.6) is 0 Å². The van der Waals surface area contributed by atoms with E-state index < -0.39 is 0 Å². The minimum atomic E-state index is 0.0676. The summed E-state index contributed by atoms with van der Waals surface area (Å²) >= 11 is 0. The van der Waals surface area contributed by atoms with Crippen LogP contribution in [0, 0.1) is 18.8 Å². The van der Waals surface area contributed by atoms with Crippen LogP contribution in [0.2, 0.25) is 0 Å². The Morgan fingerprint density at radius 1 is 1.21 bits per heavy atom. The number of anilines is 1. The maximum atomic E-state index is 12.4. The van der Waals surface area contributed by atoms with E-state index in [1.54, 1.807) is 0 Å². The number of amides is 1. The summed E-state index contributed by atoms with van der Waals surface area (Å²) in [6.07, 6.45) is 6.64. The number of rotatable bonds is 2. The lowest BCUT2D eigenvalue weighted by Gasteiger charge is -2.30. The maximum absolute atomic E-state index is 12.4. The van der Waals surface area contributed by atoms with Crippen LogP contribution in [0.15, 0.2) is 18.2 Å². The summed E-state index contributed by atoms with van der Waals surface area (Å²) in [5, 5.41) is 3.10. The predicted octanol–water partition coefficient (Wildman–Crippen LogP) is 4.25. The lowest BCUT2D eigenvalue weighted by atomic mass is 9.73. The van der Waals surface area contributed by atoms with Crippen molar-refractivity contribution < 1.29 is 4.79 Å². The highest BCUT2D eigenvalue weighted by Crippen LogP contribution is 2.44. The van der Waals surface area contributed by atoms with Gasteiger partial charge in [0, 0.05) is 5.69 Å². The molecule has 0 saturated heterocycles. The van der Waals surface area contributed by atoms with Gasteiger partial charge in [0.05, 0.1) is 5.92 Å². The van der Waals surface area contributed by atoms with Crippen LogP contribution in [0.3, 0.4) is 0 Å². The van der Waals surface area contributed by atoms with E-state index in [1.165, 1.54) is 43.2 Å². The molecule has 1 fully saturated rings. The van der Waals surface area contributed by atoms with Gasteiger partial charge in [-0.3, -0.25) is 4.79 Å². The molecule has 1 saturated carbocycles. The van der Waals surface area contributed by atoms with Gasteiger partial charge >= 0.3 is 0 Å². The summed E-state index contributed by atoms with van der Waals surface area (Å²) in [5.41, 5.74) is 3.48. The van der Waals surface area contributed by atoms with Crippen molar-refractivity contribution in [2.75, 3.05) is 5.32 Å². The lowest BCUT2D eigenvalue weighted by Crippen LogP contribution is -2.26. The molecule has 1 N–H and O–H groups in total. The zero-order valence-corrected chi connectivity index (χ0v) is 11.9. The Bertz CT molecular complexity index is 488. The molecule has 102 valence electrons. The number of carbonyl (C=O) groups is 1. The third-order valence-electron chi connectivity index (χ3n) is 5.09. The highest BCUT2D eigenvalue weighted by molar-refractivity contribution is 6.03. The molecule has 1 aliphatic carbocycles. The smallest absolute Gasteiger partial charge is 0.232 e. The molecule has 2 aliphatic rings. The van der Waals surface area contributed by atoms with Crippen molar-refractivity contribution in [3.8, 4) is 0 Å². The molecule has 19 heavy (non-hydrogen) atoms. The van der Waals surface area contributed by atoms with E-state index in [4.69, 9.17) is 0 Å². The number of para-hydroxylation sites is 1. The summed E-state index contributed by atoms with van der Waals surface area (Å²) in [5.74, 6) is 1.46. The molecule has 1 aromatic rings. The lowest BCUT2D eigenvalue weighted by molar-refractivity contribution is -0.118. The van der Waals surface area contributed by atoms with Gasteiger partial charge in [-0.2, -0.15) is 0 Å². The zero-order chi connectivity index (χ0) is 13.4. The van der Waals surface area contributed by atoms with E-state index >= 15 is 0 Å². The fraction of sp³-hybridized carbons (Fsp3) is 0.588. The molecule has 0 spiro atoms. The molecule has 3 rings (SSSR count). The van der Waals surface area contributed by atoms with Crippen LogP contribution in [-0.2, 0) is 4.79 Å². The van der Waals surface area contributed by atoms with Crippen molar-refractivity contribution in [2.45, 2.75) is 51.9 Å². The monoisotopic (exact) mass is 257 g/mol. The highest BCUT2D eigenvalue weighted by atomic mass is 16.2. The number of fused-ring (bicyclic) bond motifs is 1. The molecule has 0 aromatic heterocycles. The fourth-order valence-electron chi connectivity index (χ4n) is 3.92. The Labute approximate surface area is 115 Å². The molecule has 2 heteroatoms. The summed E-state index contributed by atoms with van der Waals surface area (Å²) in [6, 6.07) is 6.28. The predicted molar refractivity (Wildman–Crippen MR) is 78.3 cm³/mol. The number of hydrogen-bond donors (Lipinski definition) is 1. The normalized spacial score (nSPS) is 24.9. The van der Waals surface area contributed by atoms with Gasteiger partial charge in [0.2, 0.25) is 5.91 Å². The van der Waals surface area contributed by atoms with Crippen LogP contribution in [0.25, 0.3) is 0 Å². The zero-order valence-electron chi connectivity index (χ0n) is 11.9. The van der Waals surface area contributed by atoms with Gasteiger partial charge in [0.15, 0.2) is 0 Å². The van der Waals surface area contributed by atoms with E-state index in [0.717, 1.165) is 11.6 Å². The van der Waals surface area contributed by atoms with Crippen molar-refractivity contribution in [3.05, 3.63) is 29.3 Å². The molecule has 1 aliphatic heterocycles. The minimum absolute atomic E-state index is 0.0676. The largest absolute Gasteiger partial charge is 0.325 e. The van der Waals surface area contributed by atoms with Crippen molar-refractivity contribution >= 4 is 11.6 Å². The molecule has 2 nitrogen and oxygen atoms in total. The second-order valence-electron chi connectivity index (χ2n) is 6.26. The Balaban J connectivity index is 1.89. The standard InChI is InChI=1S/C17H23NO/c1-11-7-6-10-14-15(17(19)18-16(11)14)12(2)13-8-4-3-5-9-13/h6-7,10,12-13,15H,3-5,8-9H2,1-2H3,(H,18,19). The van der Waals surface area contributed by atoms with Crippen LogP contribution in [0.1, 0.15) is 56.1 Å². The third-order valence-corrected chi connectivity index (χ3v) is 5.09. The summed E-state index contributed by atoms with van der Waals surface area (Å²) in [7, 11) is 0. The molecule has 2 unspecified atom stereocenters. The molecule has 1 heterocycles. The van der Waals surface area contributed by atoms with Gasteiger partial charge in [-0.1, -0.05) is 57.2 Å². The average molecular weight is 257 g/mol. The first kappa shape index (κ1) is 12.7. The molecule has 0 bridgehead atoms. The SMILES string of the molecule is Cc1cccc2c1NC(=O)C2C(C)C1CCCCC1. The fourth-order valence-corrected chi connectivity index (χ4v) is 3.92. The van der Waals surface area contributed by atoms with E-state index in [0.29, 0.717) is 5.92 Å². The molecule has 1 aromatic carbocycles. The van der Waals surface area contributed by atoms with Gasteiger partial charge in [-0.25, -0.2) is 0 Å². The second-order valence-corrected chi connectivity index (χ2v) is 6.26. The second kappa shape index (κ2) is 4.99. The van der Waals surface area contributed by atoms with Gasteiger partial charge in [0.25, 0.3) is 0 Å². The molecular weight excluding hydrogens is 234 g/mol. The van der Waals surface area contributed by atoms with Gasteiger partial charge in [0.1, 0.15) is 0 Å². The molecular formula is C17H23NO. The molecule has 2 atom stereocenters. The number of carbonyl (C=O) groups excluding carboxylic acids is 1. The number of nitrogens with one attached hydrogen (secondary N) is 1. The van der Waals surface area contributed by atoms with Gasteiger partial charge < -0.3 is 5.32 Å². The van der Waals surface area contributed by atoms with Gasteiger partial charge in [-0.05, 0) is 29.9 Å². The Morgan fingerprint density at radius 2 is 1.95 bits per heavy atom. The first-order valence-electron chi connectivity index (χ1n) is 7.59. The first-order valence-corrected chi connectivity index (χ1v) is 7.59. The van der Waals surface area contributed by atoms with Crippen molar-refractivity contribution in [1.82, 2.24) is 0 Å². The summed E-state index contributed by atoms with van der Waals surface area (Å²) < 4.78 is 0. The Morgan fingerprint density at radius 3 is 2.68 bits per heavy atom. The van der Waals surface area contributed by atoms with Crippen LogP contribution in [-0.4, -0.2) is 5.91 Å². The van der Waals surface area contributed by atoms with Crippen molar-refractivity contribution in [3.63, 3.8) is 0 Å². The average Bonchev–Trinajstić information content (AvgIpc) is 2.77. The first-order chi connectivity index (χ1) is 9.18. The van der Waals surface area contributed by atoms with E-state index in [2.05, 4.69) is 37.4 Å². The van der Waals surface area contributed by atoms with Crippen LogP contribution < -0.4 is 5.32 Å². The topological polar surface area (TPSA) is 29.1 Å². The third kappa shape index (κ3) is 2.18.